The number of carbonyl (C=O) groups excluding carboxylic acids is 1. The topological polar surface area (TPSA) is 79.4 Å². The van der Waals surface area contributed by atoms with Crippen LogP contribution in [0.3, 0.4) is 0 Å². The first-order valence-corrected chi connectivity index (χ1v) is 11.6. The lowest BCUT2D eigenvalue weighted by molar-refractivity contribution is 0.192. The van der Waals surface area contributed by atoms with E-state index in [4.69, 9.17) is 0 Å². The van der Waals surface area contributed by atoms with Crippen molar-refractivity contribution >= 4 is 27.2 Å². The van der Waals surface area contributed by atoms with Crippen LogP contribution in [0.15, 0.2) is 0 Å². The van der Waals surface area contributed by atoms with Gasteiger partial charge in [-0.25, -0.2) is 18.2 Å². The van der Waals surface area contributed by atoms with Crippen molar-refractivity contribution in [3.63, 3.8) is 0 Å². The molecule has 1 saturated heterocycles. The second-order valence-electron chi connectivity index (χ2n) is 7.54. The van der Waals surface area contributed by atoms with E-state index in [2.05, 4.69) is 10.3 Å². The number of aryl methyl sites for hydroxylation is 2. The monoisotopic (exact) mass is 383 g/mol. The van der Waals surface area contributed by atoms with Crippen molar-refractivity contribution < 1.29 is 13.2 Å². The van der Waals surface area contributed by atoms with Gasteiger partial charge in [0.15, 0.2) is 9.84 Å². The Kier molecular flexibility index (Phi) is 4.30. The molecule has 1 saturated carbocycles. The Morgan fingerprint density at radius 3 is 2.72 bits per heavy atom. The third-order valence-corrected chi connectivity index (χ3v) is 9.99. The molecule has 1 aromatic heterocycles. The fourth-order valence-corrected chi connectivity index (χ4v) is 7.48. The van der Waals surface area contributed by atoms with Crippen molar-refractivity contribution in [3.8, 4) is 0 Å². The number of rotatable bonds is 2. The number of hydrogen-bond acceptors (Lipinski definition) is 5. The summed E-state index contributed by atoms with van der Waals surface area (Å²) in [4.78, 5) is 20.3. The molecule has 4 rings (SSSR count). The Labute approximate surface area is 152 Å². The summed E-state index contributed by atoms with van der Waals surface area (Å²) < 4.78 is 24.5. The minimum absolute atomic E-state index is 0.0837. The van der Waals surface area contributed by atoms with Crippen LogP contribution in [0.2, 0.25) is 0 Å². The Balaban J connectivity index is 1.40. The molecule has 2 heterocycles. The molecule has 1 aliphatic heterocycles. The Morgan fingerprint density at radius 2 is 2.04 bits per heavy atom. The number of hydrogen-bond donors (Lipinski definition) is 1. The van der Waals surface area contributed by atoms with Crippen molar-refractivity contribution in [2.75, 3.05) is 18.8 Å². The number of amides is 2. The molecule has 1 unspecified atom stereocenters. The quantitative estimate of drug-likeness (QED) is 0.851. The average molecular weight is 384 g/mol. The molecule has 6 nitrogen and oxygen atoms in total. The van der Waals surface area contributed by atoms with E-state index >= 15 is 0 Å². The second-order valence-corrected chi connectivity index (χ2v) is 11.2. The predicted octanol–water partition coefficient (Wildman–Crippen LogP) is 2.45. The van der Waals surface area contributed by atoms with Crippen molar-refractivity contribution in [1.82, 2.24) is 15.2 Å². The van der Waals surface area contributed by atoms with Crippen molar-refractivity contribution in [3.05, 3.63) is 15.6 Å². The van der Waals surface area contributed by atoms with E-state index in [1.165, 1.54) is 17.0 Å². The summed E-state index contributed by atoms with van der Waals surface area (Å²) in [5, 5.41) is 3.97. The summed E-state index contributed by atoms with van der Waals surface area (Å²) in [6.07, 6.45) is 6.38. The number of nitrogens with one attached hydrogen (secondary N) is 1. The van der Waals surface area contributed by atoms with E-state index in [1.807, 2.05) is 6.92 Å². The van der Waals surface area contributed by atoms with Crippen molar-refractivity contribution in [2.24, 2.45) is 0 Å². The number of carbonyl (C=O) groups is 1. The zero-order valence-corrected chi connectivity index (χ0v) is 16.2. The molecule has 8 heteroatoms. The van der Waals surface area contributed by atoms with Gasteiger partial charge in [0.25, 0.3) is 0 Å². The van der Waals surface area contributed by atoms with Crippen LogP contribution < -0.4 is 5.32 Å². The molecule has 1 aromatic rings. The fraction of sp³-hybridized carbons (Fsp3) is 0.765. The number of urea groups is 1. The van der Waals surface area contributed by atoms with E-state index in [0.29, 0.717) is 13.0 Å². The van der Waals surface area contributed by atoms with Gasteiger partial charge in [-0.2, -0.15) is 0 Å². The van der Waals surface area contributed by atoms with Crippen molar-refractivity contribution in [2.45, 2.75) is 62.7 Å². The van der Waals surface area contributed by atoms with Crippen LogP contribution in [0.1, 0.15) is 60.6 Å². The van der Waals surface area contributed by atoms with Gasteiger partial charge < -0.3 is 10.2 Å². The molecule has 3 aliphatic rings. The largest absolute Gasteiger partial charge is 0.329 e. The summed E-state index contributed by atoms with van der Waals surface area (Å²) >= 11 is 1.69. The van der Waals surface area contributed by atoms with E-state index in [0.717, 1.165) is 37.1 Å². The number of thiazole rings is 1. The molecule has 0 bridgehead atoms. The molecular weight excluding hydrogens is 358 g/mol. The molecule has 0 radical (unpaired) electrons. The third-order valence-electron chi connectivity index (χ3n) is 6.00. The standard InChI is InChI=1S/C17H25N3O3S2/c1-12(15-19-13-4-2-5-14(13)24-15)18-16(21)20-9-8-17(6-3-7-17)25(22,23)11-10-20/h12H,2-11H2,1H3,(H,18,21). The van der Waals surface area contributed by atoms with Gasteiger partial charge >= 0.3 is 6.03 Å². The number of aromatic nitrogens is 1. The zero-order valence-electron chi connectivity index (χ0n) is 14.6. The molecule has 1 spiro atoms. The van der Waals surface area contributed by atoms with E-state index in [-0.39, 0.29) is 24.4 Å². The maximum Gasteiger partial charge on any atom is 0.317 e. The van der Waals surface area contributed by atoms with Gasteiger partial charge in [-0.3, -0.25) is 0 Å². The van der Waals surface area contributed by atoms with Gasteiger partial charge in [-0.1, -0.05) is 6.42 Å². The second kappa shape index (κ2) is 6.23. The van der Waals surface area contributed by atoms with E-state index in [1.54, 1.807) is 16.2 Å². The highest BCUT2D eigenvalue weighted by atomic mass is 32.2. The smallest absolute Gasteiger partial charge is 0.317 e. The predicted molar refractivity (Wildman–Crippen MR) is 97.6 cm³/mol. The van der Waals surface area contributed by atoms with Gasteiger partial charge in [0.2, 0.25) is 0 Å². The highest BCUT2D eigenvalue weighted by molar-refractivity contribution is 7.92. The third kappa shape index (κ3) is 2.97. The molecule has 1 atom stereocenters. The van der Waals surface area contributed by atoms with Crippen LogP contribution in [0.25, 0.3) is 0 Å². The van der Waals surface area contributed by atoms with Gasteiger partial charge in [-0.15, -0.1) is 11.3 Å². The molecule has 25 heavy (non-hydrogen) atoms. The Hall–Kier alpha value is -1.15. The zero-order chi connectivity index (χ0) is 17.7. The van der Waals surface area contributed by atoms with Crippen LogP contribution >= 0.6 is 11.3 Å². The molecule has 0 aromatic carbocycles. The summed E-state index contributed by atoms with van der Waals surface area (Å²) in [5.74, 6) is 0.0837. The van der Waals surface area contributed by atoms with E-state index < -0.39 is 14.6 Å². The van der Waals surface area contributed by atoms with Crippen LogP contribution in [-0.2, 0) is 22.7 Å². The maximum absolute atomic E-state index is 12.6. The molecular formula is C17H25N3O3S2. The first-order valence-electron chi connectivity index (χ1n) is 9.16. The molecule has 1 N–H and O–H groups in total. The summed E-state index contributed by atoms with van der Waals surface area (Å²) in [6.45, 7) is 2.76. The van der Waals surface area contributed by atoms with Gasteiger partial charge in [0.1, 0.15) is 5.01 Å². The normalized spacial score (nSPS) is 25.1. The minimum Gasteiger partial charge on any atom is -0.329 e. The number of sulfone groups is 1. The van der Waals surface area contributed by atoms with E-state index in [9.17, 15) is 13.2 Å². The lowest BCUT2D eigenvalue weighted by Crippen LogP contribution is -2.46. The molecule has 138 valence electrons. The lowest BCUT2D eigenvalue weighted by atomic mass is 9.81. The van der Waals surface area contributed by atoms with Crippen LogP contribution in [0.4, 0.5) is 4.79 Å². The Bertz CT molecular complexity index is 762. The number of fused-ring (bicyclic) bond motifs is 1. The number of nitrogens with zero attached hydrogens (tertiary/aromatic N) is 2. The Morgan fingerprint density at radius 1 is 1.24 bits per heavy atom. The molecule has 2 aliphatic carbocycles. The average Bonchev–Trinajstić information content (AvgIpc) is 3.06. The maximum atomic E-state index is 12.6. The highest BCUT2D eigenvalue weighted by Gasteiger charge is 2.49. The SMILES string of the molecule is CC(NC(=O)N1CCC2(CCC2)S(=O)(=O)CC1)c1nc2c(s1)CCC2. The summed E-state index contributed by atoms with van der Waals surface area (Å²) in [6, 6.07) is -0.310. The first-order chi connectivity index (χ1) is 11.9. The van der Waals surface area contributed by atoms with Crippen LogP contribution in [0, 0.1) is 0 Å². The van der Waals surface area contributed by atoms with Gasteiger partial charge in [0, 0.05) is 18.0 Å². The highest BCUT2D eigenvalue weighted by Crippen LogP contribution is 2.44. The molecule has 2 fully saturated rings. The minimum atomic E-state index is -3.10. The van der Waals surface area contributed by atoms with Gasteiger partial charge in [0.05, 0.1) is 22.2 Å². The summed E-state index contributed by atoms with van der Waals surface area (Å²) in [5.41, 5.74) is 1.19. The van der Waals surface area contributed by atoms with Crippen LogP contribution in [-0.4, -0.2) is 47.9 Å². The first kappa shape index (κ1) is 17.3. The summed E-state index contributed by atoms with van der Waals surface area (Å²) in [7, 11) is -3.10. The fourth-order valence-electron chi connectivity index (χ4n) is 4.12. The van der Waals surface area contributed by atoms with Crippen molar-refractivity contribution in [1.29, 1.82) is 0 Å². The van der Waals surface area contributed by atoms with Gasteiger partial charge in [-0.05, 0) is 45.4 Å². The molecule has 2 amide bonds. The van der Waals surface area contributed by atoms with Crippen LogP contribution in [0.5, 0.6) is 0 Å². The lowest BCUT2D eigenvalue weighted by Gasteiger charge is -2.39.